The molecule has 3 nitrogen and oxygen atoms in total. The summed E-state index contributed by atoms with van der Waals surface area (Å²) in [5, 5.41) is 0. The van der Waals surface area contributed by atoms with Gasteiger partial charge >= 0.3 is 0 Å². The van der Waals surface area contributed by atoms with Crippen molar-refractivity contribution in [2.75, 3.05) is 13.2 Å². The smallest absolute Gasteiger partial charge is 0.188 e. The zero-order chi connectivity index (χ0) is 11.8. The molecule has 0 bridgehead atoms. The van der Waals surface area contributed by atoms with E-state index in [1.165, 1.54) is 12.3 Å². The van der Waals surface area contributed by atoms with E-state index in [-0.39, 0.29) is 5.78 Å². The van der Waals surface area contributed by atoms with Crippen LogP contribution in [0.5, 0.6) is 5.75 Å². The molecule has 3 heteroatoms. The summed E-state index contributed by atoms with van der Waals surface area (Å²) in [6.45, 7) is 4.97. The van der Waals surface area contributed by atoms with Crippen LogP contribution in [0.1, 0.15) is 24.2 Å². The minimum absolute atomic E-state index is 0.0727. The Balaban J connectivity index is 2.63. The fraction of sp³-hybridized carbons (Fsp3) is 0.308. The van der Waals surface area contributed by atoms with Crippen LogP contribution >= 0.6 is 0 Å². The third-order valence-electron chi connectivity index (χ3n) is 1.93. The molecule has 1 aromatic rings. The van der Waals surface area contributed by atoms with Crippen molar-refractivity contribution in [3.63, 3.8) is 0 Å². The highest BCUT2D eigenvalue weighted by Gasteiger charge is 2.01. The molecule has 0 saturated heterocycles. The van der Waals surface area contributed by atoms with Crippen molar-refractivity contribution in [2.24, 2.45) is 0 Å². The van der Waals surface area contributed by atoms with Crippen molar-refractivity contribution in [3.05, 3.63) is 42.2 Å². The zero-order valence-electron chi connectivity index (χ0n) is 9.60. The van der Waals surface area contributed by atoms with Gasteiger partial charge in [-0.2, -0.15) is 0 Å². The summed E-state index contributed by atoms with van der Waals surface area (Å²) in [5.41, 5.74) is 0.624. The second-order valence-corrected chi connectivity index (χ2v) is 3.08. The van der Waals surface area contributed by atoms with Gasteiger partial charge in [0, 0.05) is 11.6 Å². The molecule has 0 aliphatic heterocycles. The van der Waals surface area contributed by atoms with E-state index in [1.807, 2.05) is 13.8 Å². The van der Waals surface area contributed by atoms with Gasteiger partial charge in [0.05, 0.1) is 19.5 Å². The molecule has 0 aliphatic carbocycles. The lowest BCUT2D eigenvalue weighted by molar-refractivity contribution is 0.104. The van der Waals surface area contributed by atoms with Crippen molar-refractivity contribution in [1.29, 1.82) is 0 Å². The number of allylic oxidation sites excluding steroid dienone is 1. The van der Waals surface area contributed by atoms with Gasteiger partial charge in [-0.3, -0.25) is 4.79 Å². The zero-order valence-corrected chi connectivity index (χ0v) is 9.60. The highest BCUT2D eigenvalue weighted by atomic mass is 16.5. The van der Waals surface area contributed by atoms with Crippen LogP contribution in [0, 0.1) is 0 Å². The molecule has 0 heterocycles. The summed E-state index contributed by atoms with van der Waals surface area (Å²) in [4.78, 5) is 11.6. The van der Waals surface area contributed by atoms with Crippen LogP contribution in [0.4, 0.5) is 0 Å². The van der Waals surface area contributed by atoms with Crippen LogP contribution in [0.15, 0.2) is 36.6 Å². The number of carbonyl (C=O) groups excluding carboxylic acids is 1. The Morgan fingerprint density at radius 1 is 1.19 bits per heavy atom. The fourth-order valence-corrected chi connectivity index (χ4v) is 1.18. The molecule has 86 valence electrons. The molecule has 0 radical (unpaired) electrons. The van der Waals surface area contributed by atoms with Gasteiger partial charge in [0.2, 0.25) is 0 Å². The molecule has 0 atom stereocenters. The quantitative estimate of drug-likeness (QED) is 0.420. The first-order valence-electron chi connectivity index (χ1n) is 5.33. The number of rotatable bonds is 6. The van der Waals surface area contributed by atoms with Crippen molar-refractivity contribution in [3.8, 4) is 5.75 Å². The van der Waals surface area contributed by atoms with Gasteiger partial charge in [-0.25, -0.2) is 0 Å². The average Bonchev–Trinajstić information content (AvgIpc) is 2.30. The molecule has 0 aromatic heterocycles. The maximum absolute atomic E-state index is 11.6. The second kappa shape index (κ2) is 6.67. The first-order valence-corrected chi connectivity index (χ1v) is 5.33. The van der Waals surface area contributed by atoms with Crippen LogP contribution in [0.25, 0.3) is 0 Å². The minimum Gasteiger partial charge on any atom is -0.501 e. The third kappa shape index (κ3) is 3.77. The Labute approximate surface area is 95.7 Å². The lowest BCUT2D eigenvalue weighted by Gasteiger charge is -2.02. The highest BCUT2D eigenvalue weighted by molar-refractivity contribution is 6.04. The molecule has 16 heavy (non-hydrogen) atoms. The van der Waals surface area contributed by atoms with Gasteiger partial charge < -0.3 is 9.47 Å². The van der Waals surface area contributed by atoms with E-state index >= 15 is 0 Å². The summed E-state index contributed by atoms with van der Waals surface area (Å²) in [5.74, 6) is 0.698. The predicted octanol–water partition coefficient (Wildman–Crippen LogP) is 2.82. The van der Waals surface area contributed by atoms with Crippen LogP contribution in [-0.2, 0) is 4.74 Å². The summed E-state index contributed by atoms with van der Waals surface area (Å²) >= 11 is 0. The van der Waals surface area contributed by atoms with Crippen molar-refractivity contribution in [1.82, 2.24) is 0 Å². The number of ether oxygens (including phenoxy) is 2. The fourth-order valence-electron chi connectivity index (χ4n) is 1.18. The van der Waals surface area contributed by atoms with E-state index in [1.54, 1.807) is 24.3 Å². The molecule has 0 spiro atoms. The Morgan fingerprint density at radius 3 is 2.44 bits per heavy atom. The maximum Gasteiger partial charge on any atom is 0.188 e. The standard InChI is InChI=1S/C13H16O3/c1-3-15-10-9-13(14)11-5-7-12(8-6-11)16-4-2/h5-10H,3-4H2,1-2H3. The first kappa shape index (κ1) is 12.3. The van der Waals surface area contributed by atoms with E-state index in [9.17, 15) is 4.79 Å². The van der Waals surface area contributed by atoms with E-state index < -0.39 is 0 Å². The molecular formula is C13H16O3. The maximum atomic E-state index is 11.6. The Morgan fingerprint density at radius 2 is 1.88 bits per heavy atom. The molecule has 1 rings (SSSR count). The number of ketones is 1. The summed E-state index contributed by atoms with van der Waals surface area (Å²) in [6.07, 6.45) is 2.83. The average molecular weight is 220 g/mol. The van der Waals surface area contributed by atoms with E-state index in [0.717, 1.165) is 5.75 Å². The number of hydrogen-bond acceptors (Lipinski definition) is 3. The minimum atomic E-state index is -0.0727. The Bertz CT molecular complexity index is 352. The molecule has 0 aliphatic rings. The Hall–Kier alpha value is -1.77. The molecule has 0 N–H and O–H groups in total. The van der Waals surface area contributed by atoms with Crippen LogP contribution in [-0.4, -0.2) is 19.0 Å². The van der Waals surface area contributed by atoms with Gasteiger partial charge in [0.25, 0.3) is 0 Å². The van der Waals surface area contributed by atoms with Crippen molar-refractivity contribution in [2.45, 2.75) is 13.8 Å². The van der Waals surface area contributed by atoms with E-state index in [2.05, 4.69) is 0 Å². The van der Waals surface area contributed by atoms with Gasteiger partial charge in [-0.1, -0.05) is 0 Å². The van der Waals surface area contributed by atoms with E-state index in [4.69, 9.17) is 9.47 Å². The van der Waals surface area contributed by atoms with Gasteiger partial charge in [-0.15, -0.1) is 0 Å². The summed E-state index contributed by atoms with van der Waals surface area (Å²) < 4.78 is 10.2. The molecule has 0 amide bonds. The van der Waals surface area contributed by atoms with Crippen molar-refractivity contribution >= 4 is 5.78 Å². The molecule has 0 saturated carbocycles. The molecule has 0 fully saturated rings. The molecule has 1 aromatic carbocycles. The second-order valence-electron chi connectivity index (χ2n) is 3.08. The predicted molar refractivity (Wildman–Crippen MR) is 62.7 cm³/mol. The largest absolute Gasteiger partial charge is 0.501 e. The normalized spacial score (nSPS) is 10.4. The summed E-state index contributed by atoms with van der Waals surface area (Å²) in [7, 11) is 0. The van der Waals surface area contributed by atoms with Crippen LogP contribution < -0.4 is 4.74 Å². The number of benzene rings is 1. The molecular weight excluding hydrogens is 204 g/mol. The lowest BCUT2D eigenvalue weighted by atomic mass is 10.1. The topological polar surface area (TPSA) is 35.5 Å². The highest BCUT2D eigenvalue weighted by Crippen LogP contribution is 2.12. The van der Waals surface area contributed by atoms with E-state index in [0.29, 0.717) is 18.8 Å². The lowest BCUT2D eigenvalue weighted by Crippen LogP contribution is -1.96. The van der Waals surface area contributed by atoms with Crippen molar-refractivity contribution < 1.29 is 14.3 Å². The Kier molecular flexibility index (Phi) is 5.12. The monoisotopic (exact) mass is 220 g/mol. The van der Waals surface area contributed by atoms with Crippen LogP contribution in [0.3, 0.4) is 0 Å². The number of hydrogen-bond donors (Lipinski definition) is 0. The summed E-state index contributed by atoms with van der Waals surface area (Å²) in [6, 6.07) is 7.05. The molecule has 0 unspecified atom stereocenters. The first-order chi connectivity index (χ1) is 7.77. The number of carbonyl (C=O) groups is 1. The SMILES string of the molecule is CCOC=CC(=O)c1ccc(OCC)cc1. The van der Waals surface area contributed by atoms with Gasteiger partial charge in [0.15, 0.2) is 5.78 Å². The van der Waals surface area contributed by atoms with Gasteiger partial charge in [0.1, 0.15) is 5.75 Å². The van der Waals surface area contributed by atoms with Crippen LogP contribution in [0.2, 0.25) is 0 Å². The van der Waals surface area contributed by atoms with Gasteiger partial charge in [-0.05, 0) is 38.1 Å². The third-order valence-corrected chi connectivity index (χ3v) is 1.93.